The number of Topliss-reactive ketones (excluding diaryl/α,β-unsaturated/α-hetero) is 1. The Balaban J connectivity index is 1.67. The van der Waals surface area contributed by atoms with Crippen LogP contribution in [0.5, 0.6) is 5.75 Å². The lowest BCUT2D eigenvalue weighted by Gasteiger charge is -2.27. The quantitative estimate of drug-likeness (QED) is 0.345. The van der Waals surface area contributed by atoms with E-state index in [2.05, 4.69) is 0 Å². The predicted octanol–water partition coefficient (Wildman–Crippen LogP) is 6.19. The minimum absolute atomic E-state index is 0.0263. The SMILES string of the molecule is Cc1ccc(N2C(=O)C(O)=C(C(=O)c3cc4cc(Cl)ccc4o3)C2c2cccc(O)c2)cc1C. The lowest BCUT2D eigenvalue weighted by Crippen LogP contribution is -2.31. The Morgan fingerprint density at radius 1 is 0.971 bits per heavy atom. The van der Waals surface area contributed by atoms with Gasteiger partial charge in [-0.2, -0.15) is 0 Å². The summed E-state index contributed by atoms with van der Waals surface area (Å²) in [7, 11) is 0. The van der Waals surface area contributed by atoms with Crippen molar-refractivity contribution in [1.82, 2.24) is 0 Å². The maximum Gasteiger partial charge on any atom is 0.294 e. The van der Waals surface area contributed by atoms with Crippen LogP contribution in [0.15, 0.2) is 82.5 Å². The van der Waals surface area contributed by atoms with Gasteiger partial charge in [0.1, 0.15) is 11.3 Å². The Morgan fingerprint density at radius 2 is 1.76 bits per heavy atom. The number of rotatable bonds is 4. The number of anilines is 1. The molecule has 0 fully saturated rings. The van der Waals surface area contributed by atoms with E-state index in [0.717, 1.165) is 11.1 Å². The summed E-state index contributed by atoms with van der Waals surface area (Å²) in [6.07, 6.45) is 0. The van der Waals surface area contributed by atoms with Crippen molar-refractivity contribution in [2.24, 2.45) is 0 Å². The third-order valence-electron chi connectivity index (χ3n) is 6.11. The van der Waals surface area contributed by atoms with E-state index in [0.29, 0.717) is 27.2 Å². The van der Waals surface area contributed by atoms with Crippen molar-refractivity contribution >= 4 is 39.9 Å². The molecule has 34 heavy (non-hydrogen) atoms. The number of aryl methyl sites for hydroxylation is 2. The number of nitrogens with zero attached hydrogens (tertiary/aromatic N) is 1. The highest BCUT2D eigenvalue weighted by atomic mass is 35.5. The monoisotopic (exact) mass is 473 g/mol. The number of phenols is 1. The third-order valence-corrected chi connectivity index (χ3v) is 6.34. The molecule has 0 saturated heterocycles. The first-order chi connectivity index (χ1) is 16.2. The van der Waals surface area contributed by atoms with Crippen LogP contribution in [0.3, 0.4) is 0 Å². The van der Waals surface area contributed by atoms with Gasteiger partial charge in [-0.05, 0) is 79.1 Å². The number of furan rings is 1. The van der Waals surface area contributed by atoms with Crippen molar-refractivity contribution in [3.05, 3.63) is 106 Å². The van der Waals surface area contributed by atoms with Crippen LogP contribution in [-0.2, 0) is 4.79 Å². The zero-order valence-electron chi connectivity index (χ0n) is 18.4. The maximum absolute atomic E-state index is 13.6. The van der Waals surface area contributed by atoms with Crippen molar-refractivity contribution in [2.75, 3.05) is 4.90 Å². The molecule has 4 aromatic rings. The largest absolute Gasteiger partial charge is 0.508 e. The molecule has 1 amide bonds. The molecule has 0 saturated carbocycles. The molecule has 1 unspecified atom stereocenters. The lowest BCUT2D eigenvalue weighted by atomic mass is 9.94. The fraction of sp³-hybridized carbons (Fsp3) is 0.111. The summed E-state index contributed by atoms with van der Waals surface area (Å²) < 4.78 is 5.73. The molecule has 1 atom stereocenters. The molecular formula is C27H20ClNO5. The number of aromatic hydroxyl groups is 1. The highest BCUT2D eigenvalue weighted by Gasteiger charge is 2.45. The second-order valence-electron chi connectivity index (χ2n) is 8.33. The van der Waals surface area contributed by atoms with Crippen LogP contribution in [0, 0.1) is 13.8 Å². The van der Waals surface area contributed by atoms with Gasteiger partial charge in [-0.1, -0.05) is 29.8 Å². The average Bonchev–Trinajstić information content (AvgIpc) is 3.34. The molecule has 3 aromatic carbocycles. The number of phenolic OH excluding ortho intramolecular Hbond substituents is 1. The number of halogens is 1. The molecule has 0 spiro atoms. The van der Waals surface area contributed by atoms with Gasteiger partial charge >= 0.3 is 0 Å². The zero-order valence-corrected chi connectivity index (χ0v) is 19.1. The first-order valence-electron chi connectivity index (χ1n) is 10.6. The van der Waals surface area contributed by atoms with Crippen molar-refractivity contribution in [2.45, 2.75) is 19.9 Å². The summed E-state index contributed by atoms with van der Waals surface area (Å²) in [5.74, 6) is -2.05. The maximum atomic E-state index is 13.6. The fourth-order valence-electron chi connectivity index (χ4n) is 4.25. The van der Waals surface area contributed by atoms with E-state index in [-0.39, 0.29) is 17.1 Å². The van der Waals surface area contributed by atoms with Crippen LogP contribution in [0.4, 0.5) is 5.69 Å². The summed E-state index contributed by atoms with van der Waals surface area (Å²) in [4.78, 5) is 28.3. The van der Waals surface area contributed by atoms with Crippen LogP contribution >= 0.6 is 11.6 Å². The van der Waals surface area contributed by atoms with Crippen LogP contribution in [0.2, 0.25) is 5.02 Å². The summed E-state index contributed by atoms with van der Waals surface area (Å²) in [6.45, 7) is 3.87. The van der Waals surface area contributed by atoms with E-state index in [9.17, 15) is 19.8 Å². The van der Waals surface area contributed by atoms with E-state index in [1.165, 1.54) is 23.1 Å². The smallest absolute Gasteiger partial charge is 0.294 e. The van der Waals surface area contributed by atoms with Gasteiger partial charge in [-0.25, -0.2) is 0 Å². The van der Waals surface area contributed by atoms with E-state index < -0.39 is 23.5 Å². The predicted molar refractivity (Wildman–Crippen MR) is 129 cm³/mol. The Morgan fingerprint density at radius 3 is 2.50 bits per heavy atom. The minimum Gasteiger partial charge on any atom is -0.508 e. The number of benzene rings is 3. The normalized spacial score (nSPS) is 16.0. The van der Waals surface area contributed by atoms with Gasteiger partial charge in [0, 0.05) is 16.1 Å². The van der Waals surface area contributed by atoms with E-state index in [4.69, 9.17) is 16.0 Å². The Kier molecular flexibility index (Phi) is 5.18. The molecule has 170 valence electrons. The highest BCUT2D eigenvalue weighted by molar-refractivity contribution is 6.31. The highest BCUT2D eigenvalue weighted by Crippen LogP contribution is 2.43. The van der Waals surface area contributed by atoms with Crippen molar-refractivity contribution in [1.29, 1.82) is 0 Å². The molecule has 0 radical (unpaired) electrons. The Hall–Kier alpha value is -4.03. The number of amides is 1. The summed E-state index contributed by atoms with van der Waals surface area (Å²) in [5.41, 5.74) is 3.31. The van der Waals surface area contributed by atoms with E-state index in [1.807, 2.05) is 26.0 Å². The number of ketones is 1. The number of aliphatic hydroxyl groups excluding tert-OH is 1. The van der Waals surface area contributed by atoms with Crippen LogP contribution < -0.4 is 4.90 Å². The van der Waals surface area contributed by atoms with Gasteiger partial charge in [0.2, 0.25) is 5.78 Å². The molecule has 0 bridgehead atoms. The first-order valence-corrected chi connectivity index (χ1v) is 11.0. The van der Waals surface area contributed by atoms with Crippen LogP contribution in [0.25, 0.3) is 11.0 Å². The van der Waals surface area contributed by atoms with E-state index in [1.54, 1.807) is 36.4 Å². The van der Waals surface area contributed by atoms with Crippen molar-refractivity contribution in [3.63, 3.8) is 0 Å². The zero-order chi connectivity index (χ0) is 24.1. The third kappa shape index (κ3) is 3.53. The van der Waals surface area contributed by atoms with Gasteiger partial charge in [-0.3, -0.25) is 14.5 Å². The van der Waals surface area contributed by atoms with Gasteiger partial charge in [-0.15, -0.1) is 0 Å². The first kappa shape index (κ1) is 21.8. The number of hydrogen-bond acceptors (Lipinski definition) is 5. The number of carbonyl (C=O) groups is 2. The summed E-state index contributed by atoms with van der Waals surface area (Å²) >= 11 is 6.05. The molecule has 1 aromatic heterocycles. The number of aliphatic hydroxyl groups is 1. The van der Waals surface area contributed by atoms with Crippen molar-refractivity contribution in [3.8, 4) is 5.75 Å². The molecule has 2 N–H and O–H groups in total. The molecule has 0 aliphatic carbocycles. The van der Waals surface area contributed by atoms with Gasteiger partial charge in [0.25, 0.3) is 5.91 Å². The minimum atomic E-state index is -0.967. The Bertz CT molecular complexity index is 1520. The second kappa shape index (κ2) is 8.08. The topological polar surface area (TPSA) is 91.0 Å². The average molecular weight is 474 g/mol. The lowest BCUT2D eigenvalue weighted by molar-refractivity contribution is -0.117. The van der Waals surface area contributed by atoms with Crippen molar-refractivity contribution < 1.29 is 24.2 Å². The van der Waals surface area contributed by atoms with Crippen LogP contribution in [0.1, 0.15) is 33.3 Å². The summed E-state index contributed by atoms with van der Waals surface area (Å²) in [5, 5.41) is 22.1. The summed E-state index contributed by atoms with van der Waals surface area (Å²) in [6, 6.07) is 17.3. The molecule has 7 heteroatoms. The molecule has 2 heterocycles. The standard InChI is InChI=1S/C27H20ClNO5/c1-14-6-8-19(10-15(14)2)29-24(16-4-3-5-20(30)12-16)23(26(32)27(29)33)25(31)22-13-17-11-18(28)7-9-21(17)34-22/h3-13,24,30,32H,1-2H3. The number of carbonyl (C=O) groups excluding carboxylic acids is 2. The van der Waals surface area contributed by atoms with Gasteiger partial charge in [0.05, 0.1) is 11.6 Å². The fourth-order valence-corrected chi connectivity index (χ4v) is 4.43. The van der Waals surface area contributed by atoms with Gasteiger partial charge < -0.3 is 14.6 Å². The number of fused-ring (bicyclic) bond motifs is 1. The van der Waals surface area contributed by atoms with Gasteiger partial charge in [0.15, 0.2) is 11.5 Å². The molecule has 5 rings (SSSR count). The van der Waals surface area contributed by atoms with E-state index >= 15 is 0 Å². The molecule has 6 nitrogen and oxygen atoms in total. The Labute approximate surface area is 200 Å². The molecule has 1 aliphatic rings. The number of hydrogen-bond donors (Lipinski definition) is 2. The molecular weight excluding hydrogens is 454 g/mol. The molecule has 1 aliphatic heterocycles. The van der Waals surface area contributed by atoms with Crippen LogP contribution in [-0.4, -0.2) is 21.9 Å². The second-order valence-corrected chi connectivity index (χ2v) is 8.76.